The van der Waals surface area contributed by atoms with Gasteiger partial charge in [0.05, 0.1) is 25.9 Å². The molecular weight excluding hydrogens is 496 g/mol. The first-order valence-corrected chi connectivity index (χ1v) is 12.1. The molecule has 3 amide bonds. The van der Waals surface area contributed by atoms with Crippen LogP contribution in [0.1, 0.15) is 34.3 Å². The summed E-state index contributed by atoms with van der Waals surface area (Å²) in [5, 5.41) is 11.5. The minimum absolute atomic E-state index is 0.00385. The molecule has 1 aromatic heterocycles. The first kappa shape index (κ1) is 29.0. The number of aryl methyl sites for hydroxylation is 2. The van der Waals surface area contributed by atoms with Crippen LogP contribution in [-0.4, -0.2) is 86.4 Å². The molecule has 1 fully saturated rings. The Balaban J connectivity index is 1.71. The molecule has 3 rings (SSSR count). The fraction of sp³-hybridized carbons (Fsp3) is 0.500. The molecule has 0 saturated carbocycles. The summed E-state index contributed by atoms with van der Waals surface area (Å²) in [5.74, 6) is -1.78. The number of hydrogen-bond donors (Lipinski definition) is 3. The van der Waals surface area contributed by atoms with Crippen molar-refractivity contribution in [1.82, 2.24) is 21.1 Å². The van der Waals surface area contributed by atoms with Crippen molar-refractivity contribution in [3.8, 4) is 0 Å². The Bertz CT molecular complexity index is 1140. The SMILES string of the molecule is COCC(NC(=O)c1cc(C)on1)C(=O)N[C@@H](COC)C(=O)NC(Cc1ccc(C)cc1)C(=O)C1(C)CO1. The van der Waals surface area contributed by atoms with E-state index in [0.29, 0.717) is 5.76 Å². The van der Waals surface area contributed by atoms with Crippen LogP contribution < -0.4 is 16.0 Å². The molecule has 3 N–H and O–H groups in total. The fourth-order valence-electron chi connectivity index (χ4n) is 3.74. The molecule has 206 valence electrons. The number of amides is 3. The van der Waals surface area contributed by atoms with Crippen molar-refractivity contribution in [2.75, 3.05) is 34.0 Å². The molecule has 2 aromatic rings. The van der Waals surface area contributed by atoms with Crippen molar-refractivity contribution in [2.45, 2.75) is 50.9 Å². The van der Waals surface area contributed by atoms with Gasteiger partial charge in [0, 0.05) is 20.3 Å². The largest absolute Gasteiger partial charge is 0.382 e. The maximum atomic E-state index is 13.3. The molecule has 3 unspecified atom stereocenters. The summed E-state index contributed by atoms with van der Waals surface area (Å²) >= 11 is 0. The number of methoxy groups -OCH3 is 2. The Morgan fingerprint density at radius 1 is 0.947 bits per heavy atom. The average Bonchev–Trinajstić information content (AvgIpc) is 3.49. The monoisotopic (exact) mass is 530 g/mol. The standard InChI is InChI=1S/C26H34N4O8/c1-15-6-8-17(9-7-15)11-18(22(31)26(3)14-37-26)27-24(33)20(12-35-4)29-25(34)21(13-36-5)28-23(32)19-10-16(2)38-30-19/h6-10,18,20-21H,11-14H2,1-5H3,(H,27,33)(H,28,32)(H,29,34)/t18?,20-,21?,26?/m0/s1. The maximum absolute atomic E-state index is 13.3. The number of ketones is 1. The van der Waals surface area contributed by atoms with E-state index in [-0.39, 0.29) is 37.7 Å². The van der Waals surface area contributed by atoms with Crippen LogP contribution in [0.2, 0.25) is 0 Å². The third kappa shape index (κ3) is 7.70. The molecule has 0 aliphatic carbocycles. The van der Waals surface area contributed by atoms with Crippen LogP contribution in [0.25, 0.3) is 0 Å². The molecule has 12 nitrogen and oxygen atoms in total. The Morgan fingerprint density at radius 2 is 1.50 bits per heavy atom. The number of Topliss-reactive ketones (excluding diaryl/α,β-unsaturated/α-hetero) is 1. The molecule has 4 atom stereocenters. The molecule has 0 radical (unpaired) electrons. The van der Waals surface area contributed by atoms with E-state index in [4.69, 9.17) is 18.7 Å². The van der Waals surface area contributed by atoms with Gasteiger partial charge in [-0.1, -0.05) is 35.0 Å². The van der Waals surface area contributed by atoms with E-state index in [1.54, 1.807) is 13.8 Å². The first-order chi connectivity index (χ1) is 18.1. The summed E-state index contributed by atoms with van der Waals surface area (Å²) < 4.78 is 20.4. The van der Waals surface area contributed by atoms with Crippen LogP contribution in [0.3, 0.4) is 0 Å². The van der Waals surface area contributed by atoms with Gasteiger partial charge in [0.15, 0.2) is 11.5 Å². The smallest absolute Gasteiger partial charge is 0.274 e. The normalized spacial score (nSPS) is 18.7. The van der Waals surface area contributed by atoms with Gasteiger partial charge in [-0.25, -0.2) is 0 Å². The van der Waals surface area contributed by atoms with Gasteiger partial charge in [-0.3, -0.25) is 19.2 Å². The van der Waals surface area contributed by atoms with Crippen molar-refractivity contribution >= 4 is 23.5 Å². The maximum Gasteiger partial charge on any atom is 0.274 e. The number of benzene rings is 1. The minimum Gasteiger partial charge on any atom is -0.382 e. The molecular formula is C26H34N4O8. The highest BCUT2D eigenvalue weighted by Crippen LogP contribution is 2.29. The van der Waals surface area contributed by atoms with E-state index < -0.39 is 41.4 Å². The van der Waals surface area contributed by atoms with E-state index >= 15 is 0 Å². The van der Waals surface area contributed by atoms with Crippen LogP contribution in [0.15, 0.2) is 34.9 Å². The molecule has 2 heterocycles. The lowest BCUT2D eigenvalue weighted by Gasteiger charge is -2.25. The highest BCUT2D eigenvalue weighted by molar-refractivity contribution is 5.99. The predicted octanol–water partition coefficient (Wildman–Crippen LogP) is 0.253. The molecule has 1 aromatic carbocycles. The lowest BCUT2D eigenvalue weighted by Crippen LogP contribution is -2.59. The third-order valence-corrected chi connectivity index (χ3v) is 6.07. The third-order valence-electron chi connectivity index (χ3n) is 6.07. The number of rotatable bonds is 14. The summed E-state index contributed by atoms with van der Waals surface area (Å²) in [6.45, 7) is 5.19. The van der Waals surface area contributed by atoms with E-state index in [1.807, 2.05) is 31.2 Å². The molecule has 0 bridgehead atoms. The summed E-state index contributed by atoms with van der Waals surface area (Å²) in [4.78, 5) is 51.9. The van der Waals surface area contributed by atoms with E-state index in [1.165, 1.54) is 20.3 Å². The number of carbonyl (C=O) groups excluding carboxylic acids is 4. The van der Waals surface area contributed by atoms with E-state index in [0.717, 1.165) is 11.1 Å². The van der Waals surface area contributed by atoms with Crippen molar-refractivity contribution < 1.29 is 37.9 Å². The van der Waals surface area contributed by atoms with Crippen LogP contribution in [0.5, 0.6) is 0 Å². The van der Waals surface area contributed by atoms with E-state index in [9.17, 15) is 19.2 Å². The van der Waals surface area contributed by atoms with Gasteiger partial charge in [-0.05, 0) is 32.8 Å². The summed E-state index contributed by atoms with van der Waals surface area (Å²) in [6.07, 6.45) is 0.247. The highest BCUT2D eigenvalue weighted by Gasteiger charge is 2.50. The van der Waals surface area contributed by atoms with Gasteiger partial charge in [0.2, 0.25) is 11.8 Å². The quantitative estimate of drug-likeness (QED) is 0.291. The van der Waals surface area contributed by atoms with Gasteiger partial charge in [0.25, 0.3) is 5.91 Å². The number of epoxide rings is 1. The molecule has 12 heteroatoms. The second-order valence-corrected chi connectivity index (χ2v) is 9.46. The fourth-order valence-corrected chi connectivity index (χ4v) is 3.74. The van der Waals surface area contributed by atoms with Crippen molar-refractivity contribution in [1.29, 1.82) is 0 Å². The second kappa shape index (κ2) is 12.8. The molecule has 1 saturated heterocycles. The van der Waals surface area contributed by atoms with E-state index in [2.05, 4.69) is 21.1 Å². The van der Waals surface area contributed by atoms with Crippen LogP contribution in [-0.2, 0) is 35.0 Å². The van der Waals surface area contributed by atoms with Crippen molar-refractivity contribution in [3.63, 3.8) is 0 Å². The zero-order valence-electron chi connectivity index (χ0n) is 22.2. The number of nitrogens with one attached hydrogen (secondary N) is 3. The van der Waals surface area contributed by atoms with Crippen LogP contribution >= 0.6 is 0 Å². The van der Waals surface area contributed by atoms with Gasteiger partial charge >= 0.3 is 0 Å². The summed E-state index contributed by atoms with van der Waals surface area (Å²) in [6, 6.07) is 5.87. The first-order valence-electron chi connectivity index (χ1n) is 12.1. The van der Waals surface area contributed by atoms with Crippen LogP contribution in [0, 0.1) is 13.8 Å². The Morgan fingerprint density at radius 3 is 2.00 bits per heavy atom. The van der Waals surface area contributed by atoms with Crippen LogP contribution in [0.4, 0.5) is 0 Å². The molecule has 1 aliphatic rings. The van der Waals surface area contributed by atoms with Gasteiger partial charge < -0.3 is 34.7 Å². The number of carbonyl (C=O) groups is 4. The zero-order valence-corrected chi connectivity index (χ0v) is 22.2. The van der Waals surface area contributed by atoms with Crippen molar-refractivity contribution in [2.24, 2.45) is 0 Å². The molecule has 0 spiro atoms. The van der Waals surface area contributed by atoms with Crippen molar-refractivity contribution in [3.05, 3.63) is 52.9 Å². The lowest BCUT2D eigenvalue weighted by atomic mass is 9.94. The zero-order chi connectivity index (χ0) is 27.9. The average molecular weight is 531 g/mol. The topological polar surface area (TPSA) is 161 Å². The molecule has 38 heavy (non-hydrogen) atoms. The minimum atomic E-state index is -1.15. The van der Waals surface area contributed by atoms with Gasteiger partial charge in [-0.2, -0.15) is 0 Å². The second-order valence-electron chi connectivity index (χ2n) is 9.46. The molecule has 1 aliphatic heterocycles. The Hall–Kier alpha value is -3.61. The summed E-state index contributed by atoms with van der Waals surface area (Å²) in [7, 11) is 2.75. The summed E-state index contributed by atoms with van der Waals surface area (Å²) in [5.41, 5.74) is 0.959. The Labute approximate surface area is 220 Å². The Kier molecular flexibility index (Phi) is 9.72. The van der Waals surface area contributed by atoms with Gasteiger partial charge in [-0.15, -0.1) is 0 Å². The number of ether oxygens (including phenoxy) is 3. The van der Waals surface area contributed by atoms with Gasteiger partial charge in [0.1, 0.15) is 23.4 Å². The number of nitrogens with zero attached hydrogens (tertiary/aromatic N) is 1. The lowest BCUT2D eigenvalue weighted by molar-refractivity contribution is -0.134. The number of aromatic nitrogens is 1. The highest BCUT2D eigenvalue weighted by atomic mass is 16.6. The predicted molar refractivity (Wildman–Crippen MR) is 134 cm³/mol. The number of hydrogen-bond acceptors (Lipinski definition) is 9.